The van der Waals surface area contributed by atoms with E-state index in [0.717, 1.165) is 52.5 Å². The lowest BCUT2D eigenvalue weighted by molar-refractivity contribution is 0.0785. The summed E-state index contributed by atoms with van der Waals surface area (Å²) in [5, 5.41) is 3.64. The number of benzene rings is 1. The second kappa shape index (κ2) is 8.11. The molecule has 0 bridgehead atoms. The number of halogens is 1. The van der Waals surface area contributed by atoms with Crippen LogP contribution in [0.3, 0.4) is 0 Å². The molecular weight excluding hydrogens is 428 g/mol. The molecule has 3 aromatic heterocycles. The van der Waals surface area contributed by atoms with Crippen LogP contribution in [0.25, 0.3) is 27.5 Å². The minimum atomic E-state index is 0.0876. The SMILES string of the molecule is CN(C)[C@@H]1CCN(C(=O)c2cc(-c3csc(-c4cccc(Cl)c4)n3)n3ccccc23)C1. The molecule has 1 amide bonds. The van der Waals surface area contributed by atoms with Crippen molar-refractivity contribution in [1.29, 1.82) is 0 Å². The maximum absolute atomic E-state index is 13.4. The van der Waals surface area contributed by atoms with Crippen LogP contribution in [0.1, 0.15) is 16.8 Å². The first-order chi connectivity index (χ1) is 15.0. The number of fused-ring (bicyclic) bond motifs is 1. The summed E-state index contributed by atoms with van der Waals surface area (Å²) in [5.41, 5.74) is 4.41. The monoisotopic (exact) mass is 450 g/mol. The molecule has 4 heterocycles. The van der Waals surface area contributed by atoms with Crippen molar-refractivity contribution in [3.8, 4) is 22.0 Å². The number of likely N-dealkylation sites (tertiary alicyclic amines) is 1. The van der Waals surface area contributed by atoms with Crippen LogP contribution in [0.2, 0.25) is 5.02 Å². The van der Waals surface area contributed by atoms with E-state index in [4.69, 9.17) is 16.6 Å². The van der Waals surface area contributed by atoms with Crippen LogP contribution in [-0.4, -0.2) is 58.3 Å². The quantitative estimate of drug-likeness (QED) is 0.431. The number of nitrogens with zero attached hydrogens (tertiary/aromatic N) is 4. The number of pyridine rings is 1. The van der Waals surface area contributed by atoms with Crippen molar-refractivity contribution in [3.63, 3.8) is 0 Å². The highest BCUT2D eigenvalue weighted by atomic mass is 35.5. The fourth-order valence-corrected chi connectivity index (χ4v) is 5.19. The summed E-state index contributed by atoms with van der Waals surface area (Å²) in [6.45, 7) is 1.55. The van der Waals surface area contributed by atoms with E-state index >= 15 is 0 Å². The number of aromatic nitrogens is 2. The summed E-state index contributed by atoms with van der Waals surface area (Å²) >= 11 is 7.73. The van der Waals surface area contributed by atoms with Crippen LogP contribution in [-0.2, 0) is 0 Å². The van der Waals surface area contributed by atoms with Gasteiger partial charge >= 0.3 is 0 Å². The standard InChI is InChI=1S/C24H23ClN4OS/c1-27(2)18-9-11-28(14-18)24(30)19-13-22(29-10-4-3-8-21(19)29)20-15-31-23(26-20)16-6-5-7-17(25)12-16/h3-8,10,12-13,15,18H,9,11,14H2,1-2H3/t18-/m1/s1. The number of likely N-dealkylation sites (N-methyl/N-ethyl adjacent to an activating group) is 1. The number of carbonyl (C=O) groups is 1. The lowest BCUT2D eigenvalue weighted by atomic mass is 10.2. The van der Waals surface area contributed by atoms with Gasteiger partial charge in [-0.2, -0.15) is 0 Å². The van der Waals surface area contributed by atoms with Crippen molar-refractivity contribution in [1.82, 2.24) is 19.2 Å². The van der Waals surface area contributed by atoms with Crippen LogP contribution in [0.5, 0.6) is 0 Å². The Bertz CT molecular complexity index is 1260. The van der Waals surface area contributed by atoms with Gasteiger partial charge in [-0.25, -0.2) is 4.98 Å². The molecule has 0 N–H and O–H groups in total. The van der Waals surface area contributed by atoms with Crippen molar-refractivity contribution >= 4 is 34.4 Å². The average molecular weight is 451 g/mol. The minimum absolute atomic E-state index is 0.0876. The topological polar surface area (TPSA) is 40.8 Å². The zero-order chi connectivity index (χ0) is 21.5. The molecule has 5 rings (SSSR count). The van der Waals surface area contributed by atoms with Gasteiger partial charge in [0.2, 0.25) is 0 Å². The predicted molar refractivity (Wildman–Crippen MR) is 127 cm³/mol. The highest BCUT2D eigenvalue weighted by Gasteiger charge is 2.30. The van der Waals surface area contributed by atoms with Crippen molar-refractivity contribution in [2.24, 2.45) is 0 Å². The zero-order valence-electron chi connectivity index (χ0n) is 17.5. The van der Waals surface area contributed by atoms with Crippen LogP contribution in [0.4, 0.5) is 0 Å². The number of hydrogen-bond donors (Lipinski definition) is 0. The average Bonchev–Trinajstić information content (AvgIpc) is 3.51. The number of carbonyl (C=O) groups excluding carboxylic acids is 1. The molecule has 7 heteroatoms. The number of amides is 1. The predicted octanol–water partition coefficient (Wildman–Crippen LogP) is 5.16. The van der Waals surface area contributed by atoms with Gasteiger partial charge in [0.15, 0.2) is 0 Å². The van der Waals surface area contributed by atoms with Gasteiger partial charge in [-0.1, -0.05) is 29.8 Å². The third kappa shape index (κ3) is 3.76. The maximum atomic E-state index is 13.4. The van der Waals surface area contributed by atoms with Crippen LogP contribution < -0.4 is 0 Å². The number of hydrogen-bond acceptors (Lipinski definition) is 4. The second-order valence-corrected chi connectivity index (χ2v) is 9.40. The maximum Gasteiger partial charge on any atom is 0.256 e. The van der Waals surface area contributed by atoms with Crippen molar-refractivity contribution in [3.05, 3.63) is 70.7 Å². The second-order valence-electron chi connectivity index (χ2n) is 8.10. The van der Waals surface area contributed by atoms with E-state index in [1.165, 1.54) is 0 Å². The molecule has 0 aliphatic carbocycles. The zero-order valence-corrected chi connectivity index (χ0v) is 19.0. The Morgan fingerprint density at radius 2 is 2.06 bits per heavy atom. The molecule has 1 aliphatic heterocycles. The molecule has 158 valence electrons. The lowest BCUT2D eigenvalue weighted by Gasteiger charge is -2.20. The van der Waals surface area contributed by atoms with E-state index < -0.39 is 0 Å². The summed E-state index contributed by atoms with van der Waals surface area (Å²) in [4.78, 5) is 22.4. The molecule has 1 fully saturated rings. The van der Waals surface area contributed by atoms with Gasteiger partial charge in [-0.3, -0.25) is 4.79 Å². The Hall–Kier alpha value is -2.67. The van der Waals surface area contributed by atoms with Crippen molar-refractivity contribution in [2.45, 2.75) is 12.5 Å². The lowest BCUT2D eigenvalue weighted by Crippen LogP contribution is -2.34. The summed E-state index contributed by atoms with van der Waals surface area (Å²) in [5.74, 6) is 0.0876. The molecule has 0 unspecified atom stereocenters. The fourth-order valence-electron chi connectivity index (χ4n) is 4.19. The molecule has 1 aliphatic rings. The third-order valence-electron chi connectivity index (χ3n) is 5.93. The number of rotatable bonds is 4. The van der Waals surface area contributed by atoms with E-state index in [0.29, 0.717) is 11.1 Å². The highest BCUT2D eigenvalue weighted by Crippen LogP contribution is 2.33. The Balaban J connectivity index is 1.52. The molecule has 5 nitrogen and oxygen atoms in total. The number of thiazole rings is 1. The van der Waals surface area contributed by atoms with Gasteiger partial charge in [-0.05, 0) is 50.8 Å². The summed E-state index contributed by atoms with van der Waals surface area (Å²) in [6.07, 6.45) is 3.00. The molecule has 0 radical (unpaired) electrons. The van der Waals surface area contributed by atoms with E-state index in [2.05, 4.69) is 23.4 Å². The first kappa shape index (κ1) is 20.2. The Labute approximate surface area is 190 Å². The normalized spacial score (nSPS) is 16.5. The smallest absolute Gasteiger partial charge is 0.256 e. The van der Waals surface area contributed by atoms with Crippen molar-refractivity contribution in [2.75, 3.05) is 27.2 Å². The molecule has 0 saturated carbocycles. The van der Waals surface area contributed by atoms with Gasteiger partial charge in [-0.15, -0.1) is 11.3 Å². The van der Waals surface area contributed by atoms with Gasteiger partial charge in [0.1, 0.15) is 5.01 Å². The Kier molecular flexibility index (Phi) is 5.30. The summed E-state index contributed by atoms with van der Waals surface area (Å²) in [6, 6.07) is 16.1. The van der Waals surface area contributed by atoms with E-state index in [1.807, 2.05) is 65.0 Å². The first-order valence-electron chi connectivity index (χ1n) is 10.3. The highest BCUT2D eigenvalue weighted by molar-refractivity contribution is 7.13. The fraction of sp³-hybridized carbons (Fsp3) is 0.250. The first-order valence-corrected chi connectivity index (χ1v) is 11.5. The van der Waals surface area contributed by atoms with E-state index in [1.54, 1.807) is 11.3 Å². The van der Waals surface area contributed by atoms with Gasteiger partial charge < -0.3 is 14.2 Å². The van der Waals surface area contributed by atoms with Gasteiger partial charge in [0.25, 0.3) is 5.91 Å². The molecule has 31 heavy (non-hydrogen) atoms. The Morgan fingerprint density at radius 3 is 2.84 bits per heavy atom. The molecular formula is C24H23ClN4OS. The van der Waals surface area contributed by atoms with Gasteiger partial charge in [0.05, 0.1) is 22.5 Å². The van der Waals surface area contributed by atoms with Crippen LogP contribution in [0.15, 0.2) is 60.1 Å². The summed E-state index contributed by atoms with van der Waals surface area (Å²) in [7, 11) is 4.15. The van der Waals surface area contributed by atoms with Crippen LogP contribution >= 0.6 is 22.9 Å². The van der Waals surface area contributed by atoms with Crippen molar-refractivity contribution < 1.29 is 4.79 Å². The van der Waals surface area contributed by atoms with Crippen LogP contribution in [0, 0.1) is 0 Å². The van der Waals surface area contributed by atoms with E-state index in [9.17, 15) is 4.79 Å². The molecule has 0 spiro atoms. The molecule has 1 atom stereocenters. The molecule has 4 aromatic rings. The Morgan fingerprint density at radius 1 is 1.19 bits per heavy atom. The molecule has 1 aromatic carbocycles. The minimum Gasteiger partial charge on any atom is -0.337 e. The molecule has 1 saturated heterocycles. The third-order valence-corrected chi connectivity index (χ3v) is 7.05. The summed E-state index contributed by atoms with van der Waals surface area (Å²) < 4.78 is 2.06. The van der Waals surface area contributed by atoms with Gasteiger partial charge in [0, 0.05) is 41.3 Å². The largest absolute Gasteiger partial charge is 0.337 e. The van der Waals surface area contributed by atoms with E-state index in [-0.39, 0.29) is 5.91 Å².